The summed E-state index contributed by atoms with van der Waals surface area (Å²) < 4.78 is 2.02. The highest BCUT2D eigenvalue weighted by atomic mass is 79.9. The Balaban J connectivity index is 2.45. The molecule has 82 valence electrons. The Hall–Kier alpha value is -1.76. The SMILES string of the molecule is Cc1cc(-n2cnc(Br)n2)ccc1[N+](=O)[O-]. The van der Waals surface area contributed by atoms with E-state index in [1.54, 1.807) is 23.7 Å². The van der Waals surface area contributed by atoms with Gasteiger partial charge in [-0.3, -0.25) is 10.1 Å². The van der Waals surface area contributed by atoms with Crippen LogP contribution in [0, 0.1) is 17.0 Å². The molecule has 0 unspecified atom stereocenters. The van der Waals surface area contributed by atoms with E-state index in [1.165, 1.54) is 12.4 Å². The Labute approximate surface area is 99.2 Å². The minimum Gasteiger partial charge on any atom is -0.258 e. The molecule has 0 saturated carbocycles. The van der Waals surface area contributed by atoms with Crippen molar-refractivity contribution >= 4 is 21.6 Å². The van der Waals surface area contributed by atoms with Crippen LogP contribution in [0.5, 0.6) is 0 Å². The fourth-order valence-corrected chi connectivity index (χ4v) is 1.62. The van der Waals surface area contributed by atoms with Crippen molar-refractivity contribution in [2.75, 3.05) is 0 Å². The van der Waals surface area contributed by atoms with Crippen molar-refractivity contribution in [3.63, 3.8) is 0 Å². The number of aromatic nitrogens is 3. The fraction of sp³-hybridized carbons (Fsp3) is 0.111. The van der Waals surface area contributed by atoms with Gasteiger partial charge in [-0.2, -0.15) is 0 Å². The van der Waals surface area contributed by atoms with Gasteiger partial charge in [0.2, 0.25) is 4.73 Å². The van der Waals surface area contributed by atoms with Crippen molar-refractivity contribution in [3.05, 3.63) is 44.9 Å². The Morgan fingerprint density at radius 2 is 2.25 bits per heavy atom. The molecule has 0 bridgehead atoms. The molecule has 0 aliphatic carbocycles. The highest BCUT2D eigenvalue weighted by Crippen LogP contribution is 2.20. The van der Waals surface area contributed by atoms with Gasteiger partial charge in [0.05, 0.1) is 10.6 Å². The van der Waals surface area contributed by atoms with E-state index in [0.717, 1.165) is 5.69 Å². The summed E-state index contributed by atoms with van der Waals surface area (Å²) in [7, 11) is 0. The monoisotopic (exact) mass is 282 g/mol. The van der Waals surface area contributed by atoms with E-state index in [-0.39, 0.29) is 5.69 Å². The molecule has 0 spiro atoms. The predicted octanol–water partition coefficient (Wildman–Crippen LogP) is 2.25. The fourth-order valence-electron chi connectivity index (χ4n) is 1.35. The first kappa shape index (κ1) is 10.7. The molecule has 6 nitrogen and oxygen atoms in total. The number of nitro benzene ring substituents is 1. The lowest BCUT2D eigenvalue weighted by molar-refractivity contribution is -0.385. The number of benzene rings is 1. The second-order valence-electron chi connectivity index (χ2n) is 3.19. The lowest BCUT2D eigenvalue weighted by atomic mass is 10.2. The van der Waals surface area contributed by atoms with Crippen LogP contribution in [-0.4, -0.2) is 19.7 Å². The maximum atomic E-state index is 10.6. The summed E-state index contributed by atoms with van der Waals surface area (Å²) in [5, 5.41) is 14.7. The smallest absolute Gasteiger partial charge is 0.258 e. The molecule has 7 heteroatoms. The number of rotatable bonds is 2. The van der Waals surface area contributed by atoms with Gasteiger partial charge in [0.1, 0.15) is 6.33 Å². The average Bonchev–Trinajstić information content (AvgIpc) is 2.64. The van der Waals surface area contributed by atoms with Gasteiger partial charge in [-0.1, -0.05) is 0 Å². The van der Waals surface area contributed by atoms with Crippen LogP contribution in [0.25, 0.3) is 5.69 Å². The zero-order valence-electron chi connectivity index (χ0n) is 8.29. The van der Waals surface area contributed by atoms with Crippen molar-refractivity contribution in [1.82, 2.24) is 14.8 Å². The van der Waals surface area contributed by atoms with Crippen LogP contribution < -0.4 is 0 Å². The Morgan fingerprint density at radius 1 is 1.50 bits per heavy atom. The van der Waals surface area contributed by atoms with Crippen molar-refractivity contribution in [1.29, 1.82) is 0 Å². The van der Waals surface area contributed by atoms with Crippen molar-refractivity contribution in [3.8, 4) is 5.69 Å². The molecule has 1 aromatic heterocycles. The summed E-state index contributed by atoms with van der Waals surface area (Å²) in [5.41, 5.74) is 1.43. The van der Waals surface area contributed by atoms with E-state index in [4.69, 9.17) is 0 Å². The summed E-state index contributed by atoms with van der Waals surface area (Å²) in [6, 6.07) is 4.78. The Morgan fingerprint density at radius 3 is 2.75 bits per heavy atom. The van der Waals surface area contributed by atoms with Gasteiger partial charge >= 0.3 is 0 Å². The van der Waals surface area contributed by atoms with Gasteiger partial charge in [-0.05, 0) is 35.0 Å². The first-order valence-corrected chi connectivity index (χ1v) is 5.20. The van der Waals surface area contributed by atoms with Gasteiger partial charge in [-0.15, -0.1) is 5.10 Å². The van der Waals surface area contributed by atoms with Gasteiger partial charge in [0.15, 0.2) is 0 Å². The quantitative estimate of drug-likeness (QED) is 0.625. The van der Waals surface area contributed by atoms with E-state index >= 15 is 0 Å². The third-order valence-corrected chi connectivity index (χ3v) is 2.47. The first-order chi connectivity index (χ1) is 7.58. The predicted molar refractivity (Wildman–Crippen MR) is 60.5 cm³/mol. The Bertz CT molecular complexity index is 552. The Kier molecular flexibility index (Phi) is 2.69. The molecule has 16 heavy (non-hydrogen) atoms. The molecule has 2 aromatic rings. The molecule has 1 aromatic carbocycles. The zero-order valence-corrected chi connectivity index (χ0v) is 9.88. The highest BCUT2D eigenvalue weighted by molar-refractivity contribution is 9.10. The summed E-state index contributed by atoms with van der Waals surface area (Å²) >= 11 is 3.13. The first-order valence-electron chi connectivity index (χ1n) is 4.40. The second-order valence-corrected chi connectivity index (χ2v) is 3.90. The van der Waals surface area contributed by atoms with E-state index in [0.29, 0.717) is 10.3 Å². The summed E-state index contributed by atoms with van der Waals surface area (Å²) in [6.07, 6.45) is 1.53. The van der Waals surface area contributed by atoms with Crippen molar-refractivity contribution in [2.45, 2.75) is 6.92 Å². The minimum absolute atomic E-state index is 0.0999. The van der Waals surface area contributed by atoms with Gasteiger partial charge in [0.25, 0.3) is 5.69 Å². The molecule has 0 saturated heterocycles. The molecule has 0 N–H and O–H groups in total. The number of nitrogens with zero attached hydrogens (tertiary/aromatic N) is 4. The summed E-state index contributed by atoms with van der Waals surface area (Å²) in [4.78, 5) is 14.1. The van der Waals surface area contributed by atoms with Crippen LogP contribution in [0.2, 0.25) is 0 Å². The van der Waals surface area contributed by atoms with Crippen LogP contribution in [0.1, 0.15) is 5.56 Å². The van der Waals surface area contributed by atoms with Crippen LogP contribution in [-0.2, 0) is 0 Å². The number of aryl methyl sites for hydroxylation is 1. The summed E-state index contributed by atoms with van der Waals surface area (Å²) in [5.74, 6) is 0. The number of nitro groups is 1. The number of halogens is 1. The molecule has 0 fully saturated rings. The normalized spacial score (nSPS) is 10.4. The van der Waals surface area contributed by atoms with E-state index in [1.807, 2.05) is 0 Å². The van der Waals surface area contributed by atoms with Gasteiger partial charge in [0, 0.05) is 11.6 Å². The molecule has 0 amide bonds. The van der Waals surface area contributed by atoms with Gasteiger partial charge < -0.3 is 0 Å². The van der Waals surface area contributed by atoms with Crippen LogP contribution >= 0.6 is 15.9 Å². The molecule has 0 aliphatic rings. The topological polar surface area (TPSA) is 73.8 Å². The molecule has 1 heterocycles. The molecular weight excluding hydrogens is 276 g/mol. The lowest BCUT2D eigenvalue weighted by Gasteiger charge is -2.02. The van der Waals surface area contributed by atoms with E-state index in [2.05, 4.69) is 26.0 Å². The summed E-state index contributed by atoms with van der Waals surface area (Å²) in [6.45, 7) is 1.69. The highest BCUT2D eigenvalue weighted by Gasteiger charge is 2.11. The standard InChI is InChI=1S/C9H7BrN4O2/c1-6-4-7(2-3-8(6)14(15)16)13-5-11-9(10)12-13/h2-5H,1H3. The molecule has 0 aliphatic heterocycles. The maximum absolute atomic E-state index is 10.6. The second kappa shape index (κ2) is 4.01. The molecule has 0 atom stereocenters. The largest absolute Gasteiger partial charge is 0.272 e. The van der Waals surface area contributed by atoms with E-state index < -0.39 is 4.92 Å². The van der Waals surface area contributed by atoms with E-state index in [9.17, 15) is 10.1 Å². The number of hydrogen-bond donors (Lipinski definition) is 0. The minimum atomic E-state index is -0.406. The third kappa shape index (κ3) is 1.94. The van der Waals surface area contributed by atoms with Crippen LogP contribution in [0.4, 0.5) is 5.69 Å². The average molecular weight is 283 g/mol. The van der Waals surface area contributed by atoms with Crippen LogP contribution in [0.15, 0.2) is 29.3 Å². The van der Waals surface area contributed by atoms with Crippen molar-refractivity contribution in [2.24, 2.45) is 0 Å². The number of hydrogen-bond acceptors (Lipinski definition) is 4. The lowest BCUT2D eigenvalue weighted by Crippen LogP contribution is -1.97. The van der Waals surface area contributed by atoms with Crippen LogP contribution in [0.3, 0.4) is 0 Å². The maximum Gasteiger partial charge on any atom is 0.272 e. The molecule has 0 radical (unpaired) electrons. The van der Waals surface area contributed by atoms with Gasteiger partial charge in [-0.25, -0.2) is 9.67 Å². The molecule has 2 rings (SSSR count). The zero-order chi connectivity index (χ0) is 11.7. The van der Waals surface area contributed by atoms with Crippen molar-refractivity contribution < 1.29 is 4.92 Å². The third-order valence-electron chi connectivity index (χ3n) is 2.11. The molecular formula is C9H7BrN4O2.